The van der Waals surface area contributed by atoms with Crippen molar-refractivity contribution in [2.45, 2.75) is 33.5 Å². The zero-order valence-corrected chi connectivity index (χ0v) is 13.0. The van der Waals surface area contributed by atoms with Crippen molar-refractivity contribution in [3.63, 3.8) is 0 Å². The van der Waals surface area contributed by atoms with Crippen LogP contribution >= 0.6 is 15.9 Å². The van der Waals surface area contributed by atoms with Crippen LogP contribution in [0.1, 0.15) is 23.9 Å². The minimum atomic E-state index is -0.561. The fraction of sp³-hybridized carbons (Fsp3) is 0.357. The predicted molar refractivity (Wildman–Crippen MR) is 77.2 cm³/mol. The monoisotopic (exact) mass is 343 g/mol. The Labute approximate surface area is 125 Å². The zero-order valence-electron chi connectivity index (χ0n) is 11.4. The molecule has 1 heterocycles. The van der Waals surface area contributed by atoms with E-state index in [1.807, 2.05) is 18.5 Å². The second-order valence-corrected chi connectivity index (χ2v) is 5.29. The molecule has 1 N–H and O–H groups in total. The Morgan fingerprint density at radius 1 is 1.30 bits per heavy atom. The predicted octanol–water partition coefficient (Wildman–Crippen LogP) is 3.54. The summed E-state index contributed by atoms with van der Waals surface area (Å²) >= 11 is 3.51. The summed E-state index contributed by atoms with van der Waals surface area (Å²) in [4.78, 5) is 0. The van der Waals surface area contributed by atoms with Gasteiger partial charge in [0, 0.05) is 31.3 Å². The van der Waals surface area contributed by atoms with E-state index in [9.17, 15) is 8.78 Å². The molecule has 6 heteroatoms. The van der Waals surface area contributed by atoms with Crippen molar-refractivity contribution in [3.8, 4) is 0 Å². The summed E-state index contributed by atoms with van der Waals surface area (Å²) in [6, 6.07) is 3.61. The van der Waals surface area contributed by atoms with Gasteiger partial charge in [0.1, 0.15) is 11.6 Å². The van der Waals surface area contributed by atoms with Crippen LogP contribution in [0.5, 0.6) is 0 Å². The molecule has 0 saturated heterocycles. The van der Waals surface area contributed by atoms with Crippen molar-refractivity contribution in [2.75, 3.05) is 0 Å². The second kappa shape index (κ2) is 6.45. The molecule has 0 amide bonds. The molecular formula is C14H16BrF2N3. The summed E-state index contributed by atoms with van der Waals surface area (Å²) in [6.07, 6.45) is 0. The van der Waals surface area contributed by atoms with E-state index >= 15 is 0 Å². The van der Waals surface area contributed by atoms with E-state index in [0.717, 1.165) is 28.5 Å². The van der Waals surface area contributed by atoms with E-state index in [-0.39, 0.29) is 0 Å². The van der Waals surface area contributed by atoms with Gasteiger partial charge >= 0.3 is 0 Å². The minimum absolute atomic E-state index is 0.340. The fourth-order valence-electron chi connectivity index (χ4n) is 2.02. The molecule has 0 aliphatic heterocycles. The maximum atomic E-state index is 13.5. The standard InChI is InChI=1S/C14H16BrF2N3/c1-3-20-13(14(15)9(2)19-20)8-18-7-10-4-5-11(16)6-12(10)17/h4-6,18H,3,7-8H2,1-2H3. The molecule has 108 valence electrons. The fourth-order valence-corrected chi connectivity index (χ4v) is 2.44. The van der Waals surface area contributed by atoms with E-state index in [2.05, 4.69) is 26.3 Å². The third-order valence-electron chi connectivity index (χ3n) is 3.08. The van der Waals surface area contributed by atoms with Gasteiger partial charge in [-0.1, -0.05) is 6.07 Å². The summed E-state index contributed by atoms with van der Waals surface area (Å²) < 4.78 is 29.2. The summed E-state index contributed by atoms with van der Waals surface area (Å²) in [5.74, 6) is -1.09. The van der Waals surface area contributed by atoms with Crippen molar-refractivity contribution in [1.82, 2.24) is 15.1 Å². The van der Waals surface area contributed by atoms with Gasteiger partial charge in [-0.25, -0.2) is 8.78 Å². The lowest BCUT2D eigenvalue weighted by Crippen LogP contribution is -2.17. The van der Waals surface area contributed by atoms with Crippen LogP contribution in [0, 0.1) is 18.6 Å². The topological polar surface area (TPSA) is 29.9 Å². The van der Waals surface area contributed by atoms with Crippen LogP contribution in [0.2, 0.25) is 0 Å². The number of aromatic nitrogens is 2. The molecule has 0 spiro atoms. The van der Waals surface area contributed by atoms with Gasteiger partial charge < -0.3 is 5.32 Å². The Bertz CT molecular complexity index is 611. The van der Waals surface area contributed by atoms with E-state index in [0.29, 0.717) is 18.7 Å². The first kappa shape index (κ1) is 15.1. The van der Waals surface area contributed by atoms with Crippen molar-refractivity contribution in [2.24, 2.45) is 0 Å². The molecular weight excluding hydrogens is 328 g/mol. The lowest BCUT2D eigenvalue weighted by atomic mass is 10.2. The summed E-state index contributed by atoms with van der Waals surface area (Å²) in [5, 5.41) is 7.54. The van der Waals surface area contributed by atoms with Crippen molar-refractivity contribution in [1.29, 1.82) is 0 Å². The van der Waals surface area contributed by atoms with Crippen LogP contribution in [-0.2, 0) is 19.6 Å². The number of aryl methyl sites for hydroxylation is 2. The lowest BCUT2D eigenvalue weighted by Gasteiger charge is -2.08. The highest BCUT2D eigenvalue weighted by Crippen LogP contribution is 2.21. The molecule has 0 bridgehead atoms. The van der Waals surface area contributed by atoms with Gasteiger partial charge in [-0.2, -0.15) is 5.10 Å². The van der Waals surface area contributed by atoms with Crippen LogP contribution in [0.25, 0.3) is 0 Å². The van der Waals surface area contributed by atoms with Gasteiger partial charge in [0.15, 0.2) is 0 Å². The van der Waals surface area contributed by atoms with E-state index < -0.39 is 11.6 Å². The molecule has 2 rings (SSSR count). The van der Waals surface area contributed by atoms with Crippen LogP contribution in [0.4, 0.5) is 8.78 Å². The molecule has 2 aromatic rings. The first-order valence-corrected chi connectivity index (χ1v) is 7.18. The summed E-state index contributed by atoms with van der Waals surface area (Å²) in [7, 11) is 0. The SMILES string of the molecule is CCn1nc(C)c(Br)c1CNCc1ccc(F)cc1F. The van der Waals surface area contributed by atoms with E-state index in [1.54, 1.807) is 0 Å². The zero-order chi connectivity index (χ0) is 14.7. The summed E-state index contributed by atoms with van der Waals surface area (Å²) in [5.41, 5.74) is 2.39. The average molecular weight is 344 g/mol. The molecule has 0 radical (unpaired) electrons. The molecule has 3 nitrogen and oxygen atoms in total. The van der Waals surface area contributed by atoms with Crippen molar-refractivity contribution in [3.05, 3.63) is 51.3 Å². The highest BCUT2D eigenvalue weighted by molar-refractivity contribution is 9.10. The molecule has 1 aromatic carbocycles. The number of nitrogens with zero attached hydrogens (tertiary/aromatic N) is 2. The molecule has 0 saturated carbocycles. The van der Waals surface area contributed by atoms with Gasteiger partial charge in [0.05, 0.1) is 15.9 Å². The van der Waals surface area contributed by atoms with Gasteiger partial charge in [0.2, 0.25) is 0 Å². The lowest BCUT2D eigenvalue weighted by molar-refractivity contribution is 0.547. The number of benzene rings is 1. The smallest absolute Gasteiger partial charge is 0.130 e. The Morgan fingerprint density at radius 2 is 2.05 bits per heavy atom. The van der Waals surface area contributed by atoms with Gasteiger partial charge in [-0.3, -0.25) is 4.68 Å². The van der Waals surface area contributed by atoms with E-state index in [4.69, 9.17) is 0 Å². The first-order valence-electron chi connectivity index (χ1n) is 6.39. The van der Waals surface area contributed by atoms with Gasteiger partial charge in [-0.15, -0.1) is 0 Å². The first-order chi connectivity index (χ1) is 9.52. The Balaban J connectivity index is 2.03. The number of halogens is 3. The van der Waals surface area contributed by atoms with Gasteiger partial charge in [0.25, 0.3) is 0 Å². The van der Waals surface area contributed by atoms with Crippen LogP contribution in [0.3, 0.4) is 0 Å². The molecule has 0 aliphatic carbocycles. The quantitative estimate of drug-likeness (QED) is 0.899. The largest absolute Gasteiger partial charge is 0.307 e. The van der Waals surface area contributed by atoms with Crippen molar-refractivity contribution < 1.29 is 8.78 Å². The number of hydrogen-bond acceptors (Lipinski definition) is 2. The number of rotatable bonds is 5. The van der Waals surface area contributed by atoms with Crippen LogP contribution in [0.15, 0.2) is 22.7 Å². The third-order valence-corrected chi connectivity index (χ3v) is 4.11. The van der Waals surface area contributed by atoms with Gasteiger partial charge in [-0.05, 0) is 35.8 Å². The Morgan fingerprint density at radius 3 is 2.70 bits per heavy atom. The highest BCUT2D eigenvalue weighted by atomic mass is 79.9. The number of hydrogen-bond donors (Lipinski definition) is 1. The normalized spacial score (nSPS) is 11.1. The maximum absolute atomic E-state index is 13.5. The van der Waals surface area contributed by atoms with Crippen LogP contribution < -0.4 is 5.32 Å². The highest BCUT2D eigenvalue weighted by Gasteiger charge is 2.11. The molecule has 1 aromatic heterocycles. The van der Waals surface area contributed by atoms with Crippen molar-refractivity contribution >= 4 is 15.9 Å². The summed E-state index contributed by atoms with van der Waals surface area (Å²) in [6.45, 7) is 5.62. The molecule has 20 heavy (non-hydrogen) atoms. The third kappa shape index (κ3) is 3.24. The second-order valence-electron chi connectivity index (χ2n) is 4.50. The Kier molecular flexibility index (Phi) is 4.88. The van der Waals surface area contributed by atoms with Crippen LogP contribution in [-0.4, -0.2) is 9.78 Å². The average Bonchev–Trinajstić information content (AvgIpc) is 2.68. The molecule has 0 fully saturated rings. The minimum Gasteiger partial charge on any atom is -0.307 e. The number of nitrogens with one attached hydrogen (secondary N) is 1. The molecule has 0 unspecified atom stereocenters. The van der Waals surface area contributed by atoms with E-state index in [1.165, 1.54) is 12.1 Å². The Hall–Kier alpha value is -1.27. The molecule has 0 atom stereocenters. The molecule has 0 aliphatic rings. The maximum Gasteiger partial charge on any atom is 0.130 e.